The molecule has 0 unspecified atom stereocenters. The SMILES string of the molecule is CCCN=C(NCC)NCCc1cc(Cl)c2c(c1)OCCO2. The molecule has 0 saturated heterocycles. The van der Waals surface area contributed by atoms with Crippen LogP contribution in [0.15, 0.2) is 17.1 Å². The number of nitrogens with zero attached hydrogens (tertiary/aromatic N) is 1. The van der Waals surface area contributed by atoms with Gasteiger partial charge < -0.3 is 20.1 Å². The molecule has 0 aromatic heterocycles. The number of halogens is 1. The Morgan fingerprint density at radius 3 is 2.82 bits per heavy atom. The average Bonchev–Trinajstić information content (AvgIpc) is 2.52. The summed E-state index contributed by atoms with van der Waals surface area (Å²) >= 11 is 6.25. The van der Waals surface area contributed by atoms with E-state index in [2.05, 4.69) is 29.5 Å². The minimum Gasteiger partial charge on any atom is -0.486 e. The van der Waals surface area contributed by atoms with Crippen LogP contribution < -0.4 is 20.1 Å². The molecule has 22 heavy (non-hydrogen) atoms. The fraction of sp³-hybridized carbons (Fsp3) is 0.562. The predicted molar refractivity (Wildman–Crippen MR) is 90.4 cm³/mol. The summed E-state index contributed by atoms with van der Waals surface area (Å²) in [5.41, 5.74) is 1.12. The van der Waals surface area contributed by atoms with Crippen molar-refractivity contribution in [2.45, 2.75) is 26.7 Å². The standard InChI is InChI=1S/C16H24ClN3O2/c1-3-6-19-16(18-4-2)20-7-5-12-10-13(17)15-14(11-12)21-8-9-22-15/h10-11H,3-9H2,1-2H3,(H2,18,19,20). The van der Waals surface area contributed by atoms with Crippen LogP contribution in [0.25, 0.3) is 0 Å². The molecule has 0 radical (unpaired) electrons. The number of nitrogens with one attached hydrogen (secondary N) is 2. The van der Waals surface area contributed by atoms with E-state index in [1.165, 1.54) is 0 Å². The topological polar surface area (TPSA) is 54.9 Å². The summed E-state index contributed by atoms with van der Waals surface area (Å²) in [6, 6.07) is 3.94. The van der Waals surface area contributed by atoms with Gasteiger partial charge in [0.05, 0.1) is 5.02 Å². The Balaban J connectivity index is 1.92. The zero-order valence-corrected chi connectivity index (χ0v) is 14.0. The second-order valence-electron chi connectivity index (χ2n) is 5.04. The smallest absolute Gasteiger partial charge is 0.191 e. The molecule has 122 valence electrons. The first-order valence-corrected chi connectivity index (χ1v) is 8.22. The van der Waals surface area contributed by atoms with Crippen LogP contribution in [0.5, 0.6) is 11.5 Å². The van der Waals surface area contributed by atoms with E-state index in [9.17, 15) is 0 Å². The molecule has 0 aliphatic carbocycles. The first-order chi connectivity index (χ1) is 10.7. The molecule has 2 rings (SSSR count). The number of ether oxygens (including phenoxy) is 2. The molecule has 1 aliphatic rings. The van der Waals surface area contributed by atoms with E-state index in [0.717, 1.165) is 49.7 Å². The fourth-order valence-electron chi connectivity index (χ4n) is 2.20. The lowest BCUT2D eigenvalue weighted by Gasteiger charge is -2.20. The summed E-state index contributed by atoms with van der Waals surface area (Å²) in [6.45, 7) is 7.75. The first-order valence-electron chi connectivity index (χ1n) is 7.84. The monoisotopic (exact) mass is 325 g/mol. The second kappa shape index (κ2) is 8.73. The molecule has 1 heterocycles. The Labute approximate surface area is 137 Å². The van der Waals surface area contributed by atoms with Crippen molar-refractivity contribution in [3.63, 3.8) is 0 Å². The molecule has 6 heteroatoms. The summed E-state index contributed by atoms with van der Waals surface area (Å²) in [7, 11) is 0. The van der Waals surface area contributed by atoms with Gasteiger partial charge >= 0.3 is 0 Å². The summed E-state index contributed by atoms with van der Waals surface area (Å²) in [4.78, 5) is 4.47. The Kier molecular flexibility index (Phi) is 6.65. The molecule has 0 amide bonds. The van der Waals surface area contributed by atoms with Gasteiger partial charge in [-0.2, -0.15) is 0 Å². The van der Waals surface area contributed by atoms with Gasteiger partial charge in [0.2, 0.25) is 0 Å². The molecular weight excluding hydrogens is 302 g/mol. The molecule has 5 nitrogen and oxygen atoms in total. The first kappa shape index (κ1) is 16.7. The molecule has 0 fully saturated rings. The maximum absolute atomic E-state index is 6.25. The highest BCUT2D eigenvalue weighted by Gasteiger charge is 2.16. The molecule has 0 saturated carbocycles. The van der Waals surface area contributed by atoms with Crippen LogP contribution in [-0.2, 0) is 6.42 Å². The van der Waals surface area contributed by atoms with E-state index in [0.29, 0.717) is 24.0 Å². The van der Waals surface area contributed by atoms with E-state index < -0.39 is 0 Å². The third-order valence-corrected chi connectivity index (χ3v) is 3.48. The van der Waals surface area contributed by atoms with Crippen LogP contribution in [0.4, 0.5) is 0 Å². The normalized spacial score (nSPS) is 13.9. The Bertz CT molecular complexity index is 520. The summed E-state index contributed by atoms with van der Waals surface area (Å²) in [6.07, 6.45) is 1.88. The van der Waals surface area contributed by atoms with Crippen LogP contribution in [0.1, 0.15) is 25.8 Å². The molecule has 0 atom stereocenters. The van der Waals surface area contributed by atoms with Crippen LogP contribution in [0.3, 0.4) is 0 Å². The van der Waals surface area contributed by atoms with E-state index in [1.54, 1.807) is 0 Å². The van der Waals surface area contributed by atoms with Gasteiger partial charge in [-0.25, -0.2) is 0 Å². The fourth-order valence-corrected chi connectivity index (χ4v) is 2.49. The highest BCUT2D eigenvalue weighted by Crippen LogP contribution is 2.38. The number of fused-ring (bicyclic) bond motifs is 1. The van der Waals surface area contributed by atoms with Crippen molar-refractivity contribution in [2.75, 3.05) is 32.8 Å². The van der Waals surface area contributed by atoms with Gasteiger partial charge in [0.25, 0.3) is 0 Å². The minimum absolute atomic E-state index is 0.549. The lowest BCUT2D eigenvalue weighted by Crippen LogP contribution is -2.38. The van der Waals surface area contributed by atoms with Crippen molar-refractivity contribution in [3.05, 3.63) is 22.7 Å². The number of hydrogen-bond donors (Lipinski definition) is 2. The van der Waals surface area contributed by atoms with Crippen molar-refractivity contribution in [2.24, 2.45) is 4.99 Å². The molecule has 0 bridgehead atoms. The zero-order chi connectivity index (χ0) is 15.8. The maximum Gasteiger partial charge on any atom is 0.191 e. The van der Waals surface area contributed by atoms with Crippen molar-refractivity contribution < 1.29 is 9.47 Å². The molecule has 1 aliphatic heterocycles. The highest BCUT2D eigenvalue weighted by molar-refractivity contribution is 6.32. The number of guanidine groups is 1. The van der Waals surface area contributed by atoms with Gasteiger partial charge in [0, 0.05) is 19.6 Å². The summed E-state index contributed by atoms with van der Waals surface area (Å²) in [5, 5.41) is 7.17. The van der Waals surface area contributed by atoms with Crippen molar-refractivity contribution in [3.8, 4) is 11.5 Å². The average molecular weight is 326 g/mol. The summed E-state index contributed by atoms with van der Waals surface area (Å²) in [5.74, 6) is 2.25. The Hall–Kier alpha value is -1.62. The van der Waals surface area contributed by atoms with Gasteiger partial charge in [0.1, 0.15) is 13.2 Å². The minimum atomic E-state index is 0.549. The highest BCUT2D eigenvalue weighted by atomic mass is 35.5. The van der Waals surface area contributed by atoms with Crippen molar-refractivity contribution >= 4 is 17.6 Å². The lowest BCUT2D eigenvalue weighted by molar-refractivity contribution is 0.171. The van der Waals surface area contributed by atoms with Crippen molar-refractivity contribution in [1.29, 1.82) is 0 Å². The lowest BCUT2D eigenvalue weighted by atomic mass is 10.1. The van der Waals surface area contributed by atoms with E-state index in [1.807, 2.05) is 12.1 Å². The third-order valence-electron chi connectivity index (χ3n) is 3.20. The zero-order valence-electron chi connectivity index (χ0n) is 13.2. The molecule has 1 aromatic rings. The van der Waals surface area contributed by atoms with Crippen LogP contribution in [0, 0.1) is 0 Å². The van der Waals surface area contributed by atoms with E-state index in [4.69, 9.17) is 21.1 Å². The predicted octanol–water partition coefficient (Wildman–Crippen LogP) is 2.62. The van der Waals surface area contributed by atoms with Gasteiger partial charge in [-0.15, -0.1) is 0 Å². The number of benzene rings is 1. The Morgan fingerprint density at radius 1 is 1.23 bits per heavy atom. The largest absolute Gasteiger partial charge is 0.486 e. The van der Waals surface area contributed by atoms with Gasteiger partial charge in [-0.3, -0.25) is 4.99 Å². The molecule has 2 N–H and O–H groups in total. The molecule has 1 aromatic carbocycles. The molecular formula is C16H24ClN3O2. The quantitative estimate of drug-likeness (QED) is 0.623. The number of aliphatic imine (C=N–C) groups is 1. The van der Waals surface area contributed by atoms with Gasteiger partial charge in [-0.1, -0.05) is 18.5 Å². The maximum atomic E-state index is 6.25. The Morgan fingerprint density at radius 2 is 2.05 bits per heavy atom. The third kappa shape index (κ3) is 4.70. The van der Waals surface area contributed by atoms with Crippen molar-refractivity contribution in [1.82, 2.24) is 10.6 Å². The van der Waals surface area contributed by atoms with Gasteiger partial charge in [0.15, 0.2) is 17.5 Å². The van der Waals surface area contributed by atoms with Crippen LogP contribution >= 0.6 is 11.6 Å². The number of rotatable bonds is 6. The van der Waals surface area contributed by atoms with E-state index in [-0.39, 0.29) is 0 Å². The van der Waals surface area contributed by atoms with Gasteiger partial charge in [-0.05, 0) is 37.5 Å². The second-order valence-corrected chi connectivity index (χ2v) is 5.45. The molecule has 0 spiro atoms. The van der Waals surface area contributed by atoms with Crippen LogP contribution in [-0.4, -0.2) is 38.8 Å². The summed E-state index contributed by atoms with van der Waals surface area (Å²) < 4.78 is 11.1. The number of hydrogen-bond acceptors (Lipinski definition) is 3. The van der Waals surface area contributed by atoms with E-state index >= 15 is 0 Å². The van der Waals surface area contributed by atoms with Crippen LogP contribution in [0.2, 0.25) is 5.02 Å².